The quantitative estimate of drug-likeness (QED) is 0.305. The summed E-state index contributed by atoms with van der Waals surface area (Å²) in [4.78, 5) is 22.8. The Kier molecular flexibility index (Phi) is 7.18. The van der Waals surface area contributed by atoms with Crippen LogP contribution in [0.3, 0.4) is 0 Å². The van der Waals surface area contributed by atoms with E-state index in [9.17, 15) is 23.3 Å². The zero-order valence-electron chi connectivity index (χ0n) is 16.5. The lowest BCUT2D eigenvalue weighted by atomic mass is 10.2. The molecule has 3 rings (SSSR count). The van der Waals surface area contributed by atoms with Crippen molar-refractivity contribution < 1.29 is 18.1 Å². The van der Waals surface area contributed by atoms with Crippen LogP contribution in [-0.4, -0.2) is 32.0 Å². The van der Waals surface area contributed by atoms with Gasteiger partial charge in [0.15, 0.2) is 0 Å². The highest BCUT2D eigenvalue weighted by atomic mass is 35.5. The van der Waals surface area contributed by atoms with Crippen LogP contribution in [0.2, 0.25) is 5.02 Å². The molecule has 0 radical (unpaired) electrons. The lowest BCUT2D eigenvalue weighted by Crippen LogP contribution is -2.39. The summed E-state index contributed by atoms with van der Waals surface area (Å²) in [5.74, 6) is -0.730. The van der Waals surface area contributed by atoms with Crippen LogP contribution >= 0.6 is 11.6 Å². The summed E-state index contributed by atoms with van der Waals surface area (Å²) >= 11 is 6.20. The number of nitrogens with zero attached hydrogens (tertiary/aromatic N) is 3. The Morgan fingerprint density at radius 1 is 1.06 bits per heavy atom. The van der Waals surface area contributed by atoms with Crippen LogP contribution in [0.5, 0.6) is 0 Å². The van der Waals surface area contributed by atoms with Gasteiger partial charge >= 0.3 is 0 Å². The number of para-hydroxylation sites is 1. The van der Waals surface area contributed by atoms with Crippen LogP contribution in [0.15, 0.2) is 88.9 Å². The number of nitro benzene ring substituents is 1. The molecule has 0 atom stereocenters. The second-order valence-corrected chi connectivity index (χ2v) is 8.69. The van der Waals surface area contributed by atoms with Gasteiger partial charge in [0.2, 0.25) is 0 Å². The third-order valence-corrected chi connectivity index (χ3v) is 6.32. The molecule has 0 saturated carbocycles. The first-order valence-electron chi connectivity index (χ1n) is 9.18. The van der Waals surface area contributed by atoms with Gasteiger partial charge in [-0.1, -0.05) is 54.1 Å². The average molecular weight is 473 g/mol. The van der Waals surface area contributed by atoms with E-state index in [0.29, 0.717) is 5.56 Å². The normalized spacial score (nSPS) is 11.3. The summed E-state index contributed by atoms with van der Waals surface area (Å²) in [6, 6.07) is 19.6. The van der Waals surface area contributed by atoms with Crippen LogP contribution in [0.25, 0.3) is 0 Å². The number of halogens is 1. The number of carbonyl (C=O) groups is 1. The van der Waals surface area contributed by atoms with Gasteiger partial charge in [-0.15, -0.1) is 0 Å². The van der Waals surface area contributed by atoms with Gasteiger partial charge in [-0.3, -0.25) is 19.2 Å². The van der Waals surface area contributed by atoms with Gasteiger partial charge in [-0.25, -0.2) is 13.8 Å². The highest BCUT2D eigenvalue weighted by Crippen LogP contribution is 2.30. The molecule has 0 fully saturated rings. The molecule has 1 amide bonds. The molecule has 3 aromatic rings. The van der Waals surface area contributed by atoms with Crippen LogP contribution in [-0.2, 0) is 14.8 Å². The third kappa shape index (κ3) is 5.48. The number of benzene rings is 3. The lowest BCUT2D eigenvalue weighted by Gasteiger charge is -2.24. The zero-order valence-corrected chi connectivity index (χ0v) is 18.0. The largest absolute Gasteiger partial charge is 0.271 e. The summed E-state index contributed by atoms with van der Waals surface area (Å²) in [6.45, 7) is -0.590. The van der Waals surface area contributed by atoms with E-state index in [4.69, 9.17) is 11.6 Å². The summed E-state index contributed by atoms with van der Waals surface area (Å²) < 4.78 is 27.3. The van der Waals surface area contributed by atoms with E-state index in [0.717, 1.165) is 4.31 Å². The third-order valence-electron chi connectivity index (χ3n) is 4.22. The number of nitrogens with one attached hydrogen (secondary N) is 1. The molecule has 164 valence electrons. The number of amides is 1. The minimum atomic E-state index is -4.10. The molecule has 11 heteroatoms. The second-order valence-electron chi connectivity index (χ2n) is 6.42. The Bertz CT molecular complexity index is 1270. The van der Waals surface area contributed by atoms with E-state index in [-0.39, 0.29) is 21.3 Å². The molecule has 0 aromatic heterocycles. The molecule has 1 N–H and O–H groups in total. The number of hydrogen-bond donors (Lipinski definition) is 1. The number of carbonyl (C=O) groups excluding carboxylic acids is 1. The minimum absolute atomic E-state index is 0.00665. The highest BCUT2D eigenvalue weighted by Gasteiger charge is 2.28. The number of hydrazone groups is 1. The predicted molar refractivity (Wildman–Crippen MR) is 121 cm³/mol. The maximum absolute atomic E-state index is 13.2. The summed E-state index contributed by atoms with van der Waals surface area (Å²) in [5, 5.41) is 14.8. The average Bonchev–Trinajstić information content (AvgIpc) is 2.79. The van der Waals surface area contributed by atoms with Gasteiger partial charge in [-0.05, 0) is 24.3 Å². The molecule has 0 aliphatic rings. The molecule has 3 aromatic carbocycles. The van der Waals surface area contributed by atoms with Gasteiger partial charge in [0, 0.05) is 17.7 Å². The molecule has 0 aliphatic carbocycles. The first kappa shape index (κ1) is 22.9. The van der Waals surface area contributed by atoms with Crippen molar-refractivity contribution in [1.29, 1.82) is 0 Å². The molecular formula is C21H17ClN4O5S. The SMILES string of the molecule is O=C(CN(c1ccccc1Cl)S(=O)(=O)c1ccccc1)N/N=C\c1cccc([N+](=O)[O-])c1. The van der Waals surface area contributed by atoms with Crippen LogP contribution in [0.1, 0.15) is 5.56 Å². The van der Waals surface area contributed by atoms with Gasteiger partial charge < -0.3 is 0 Å². The number of non-ortho nitro benzene ring substituents is 1. The molecule has 0 bridgehead atoms. The monoisotopic (exact) mass is 472 g/mol. The van der Waals surface area contributed by atoms with Crippen molar-refractivity contribution >= 4 is 45.1 Å². The Labute approximate surface area is 189 Å². The number of hydrogen-bond acceptors (Lipinski definition) is 6. The maximum Gasteiger partial charge on any atom is 0.270 e. The van der Waals surface area contributed by atoms with Crippen molar-refractivity contribution in [2.75, 3.05) is 10.8 Å². The van der Waals surface area contributed by atoms with Gasteiger partial charge in [0.1, 0.15) is 6.54 Å². The Morgan fingerprint density at radius 2 is 1.75 bits per heavy atom. The van der Waals surface area contributed by atoms with E-state index in [1.54, 1.807) is 36.4 Å². The molecule has 0 unspecified atom stereocenters. The Balaban J connectivity index is 1.82. The second kappa shape index (κ2) is 10.0. The van der Waals surface area contributed by atoms with Gasteiger partial charge in [0.05, 0.1) is 26.7 Å². The summed E-state index contributed by atoms with van der Waals surface area (Å²) in [5.41, 5.74) is 2.63. The van der Waals surface area contributed by atoms with E-state index < -0.39 is 27.4 Å². The lowest BCUT2D eigenvalue weighted by molar-refractivity contribution is -0.384. The molecule has 0 aliphatic heterocycles. The first-order chi connectivity index (χ1) is 15.3. The van der Waals surface area contributed by atoms with E-state index >= 15 is 0 Å². The molecule has 0 spiro atoms. The van der Waals surface area contributed by atoms with Crippen molar-refractivity contribution in [3.8, 4) is 0 Å². The fourth-order valence-electron chi connectivity index (χ4n) is 2.74. The number of sulfonamides is 1. The molecule has 0 saturated heterocycles. The molecule has 32 heavy (non-hydrogen) atoms. The first-order valence-corrected chi connectivity index (χ1v) is 11.0. The van der Waals surface area contributed by atoms with Crippen LogP contribution in [0, 0.1) is 10.1 Å². The smallest absolute Gasteiger partial charge is 0.270 e. The van der Waals surface area contributed by atoms with Crippen molar-refractivity contribution in [3.63, 3.8) is 0 Å². The van der Waals surface area contributed by atoms with E-state index in [1.165, 1.54) is 48.7 Å². The maximum atomic E-state index is 13.2. The standard InChI is InChI=1S/C21H17ClN4O5S/c22-19-11-4-5-12-20(19)25(32(30,31)18-9-2-1-3-10-18)15-21(27)24-23-14-16-7-6-8-17(13-16)26(28)29/h1-14H,15H2,(H,24,27)/b23-14-. The molecule has 0 heterocycles. The Morgan fingerprint density at radius 3 is 2.44 bits per heavy atom. The highest BCUT2D eigenvalue weighted by molar-refractivity contribution is 7.92. The summed E-state index contributed by atoms with van der Waals surface area (Å²) in [7, 11) is -4.10. The van der Waals surface area contributed by atoms with Crippen molar-refractivity contribution in [2.24, 2.45) is 5.10 Å². The zero-order chi connectivity index (χ0) is 23.1. The molecular weight excluding hydrogens is 456 g/mol. The van der Waals surface area contributed by atoms with Crippen molar-refractivity contribution in [1.82, 2.24) is 5.43 Å². The van der Waals surface area contributed by atoms with Crippen molar-refractivity contribution in [2.45, 2.75) is 4.90 Å². The number of nitro groups is 1. The van der Waals surface area contributed by atoms with E-state index in [2.05, 4.69) is 10.5 Å². The van der Waals surface area contributed by atoms with Gasteiger partial charge in [0.25, 0.3) is 21.6 Å². The number of anilines is 1. The van der Waals surface area contributed by atoms with Crippen molar-refractivity contribution in [3.05, 3.63) is 99.6 Å². The predicted octanol–water partition coefficient (Wildman–Crippen LogP) is 3.59. The Hall–Kier alpha value is -3.76. The topological polar surface area (TPSA) is 122 Å². The summed E-state index contributed by atoms with van der Waals surface area (Å²) in [6.07, 6.45) is 1.22. The van der Waals surface area contributed by atoms with Crippen LogP contribution < -0.4 is 9.73 Å². The van der Waals surface area contributed by atoms with Crippen LogP contribution in [0.4, 0.5) is 11.4 Å². The van der Waals surface area contributed by atoms with E-state index in [1.807, 2.05) is 0 Å². The number of rotatable bonds is 8. The fourth-order valence-corrected chi connectivity index (χ4v) is 4.49. The van der Waals surface area contributed by atoms with Gasteiger partial charge in [-0.2, -0.15) is 5.10 Å². The minimum Gasteiger partial charge on any atom is -0.271 e. The molecule has 9 nitrogen and oxygen atoms in total. The fraction of sp³-hybridized carbons (Fsp3) is 0.0476.